The van der Waals surface area contributed by atoms with Crippen LogP contribution in [0.5, 0.6) is 5.88 Å². The quantitative estimate of drug-likeness (QED) is 0.546. The van der Waals surface area contributed by atoms with Crippen LogP contribution in [-0.2, 0) is 0 Å². The molecular formula is C9H13N5O3S. The number of hydrogen-bond donors (Lipinski definition) is 3. The number of azo groups is 1. The lowest BCUT2D eigenvalue weighted by Crippen LogP contribution is -2.27. The fourth-order valence-electron chi connectivity index (χ4n) is 1.21. The molecule has 0 unspecified atom stereocenters. The van der Waals surface area contributed by atoms with Crippen LogP contribution in [0.1, 0.15) is 13.8 Å². The molecule has 0 fully saturated rings. The summed E-state index contributed by atoms with van der Waals surface area (Å²) < 4.78 is 0. The molecule has 0 aliphatic heterocycles. The van der Waals surface area contributed by atoms with Crippen molar-refractivity contribution >= 4 is 23.0 Å². The van der Waals surface area contributed by atoms with Gasteiger partial charge in [-0.3, -0.25) is 14.8 Å². The molecule has 1 aromatic rings. The Morgan fingerprint density at radius 2 is 1.94 bits per heavy atom. The van der Waals surface area contributed by atoms with Gasteiger partial charge in [0.05, 0.1) is 0 Å². The Morgan fingerprint density at radius 1 is 1.33 bits per heavy atom. The summed E-state index contributed by atoms with van der Waals surface area (Å²) in [4.78, 5) is 27.8. The van der Waals surface area contributed by atoms with E-state index >= 15 is 0 Å². The zero-order chi connectivity index (χ0) is 13.7. The zero-order valence-electron chi connectivity index (χ0n) is 9.93. The van der Waals surface area contributed by atoms with Gasteiger partial charge in [-0.15, -0.1) is 10.2 Å². The SMILES string of the molecule is CCN(CC)C(=S)N=Nc1c(O)[nH]c(=O)[nH]c1=O. The van der Waals surface area contributed by atoms with Crippen LogP contribution in [0, 0.1) is 0 Å². The fraction of sp³-hybridized carbons (Fsp3) is 0.444. The van der Waals surface area contributed by atoms with E-state index in [0.29, 0.717) is 13.1 Å². The van der Waals surface area contributed by atoms with Crippen molar-refractivity contribution in [2.24, 2.45) is 10.2 Å². The van der Waals surface area contributed by atoms with Crippen molar-refractivity contribution in [3.63, 3.8) is 0 Å². The van der Waals surface area contributed by atoms with E-state index in [1.165, 1.54) is 0 Å². The number of aromatic nitrogens is 2. The molecule has 0 atom stereocenters. The zero-order valence-corrected chi connectivity index (χ0v) is 10.7. The molecular weight excluding hydrogens is 258 g/mol. The molecule has 0 bridgehead atoms. The van der Waals surface area contributed by atoms with E-state index in [1.54, 1.807) is 4.90 Å². The van der Waals surface area contributed by atoms with Crippen LogP contribution in [0.4, 0.5) is 5.69 Å². The van der Waals surface area contributed by atoms with Crippen LogP contribution in [0.15, 0.2) is 19.8 Å². The third-order valence-electron chi connectivity index (χ3n) is 2.17. The van der Waals surface area contributed by atoms with Crippen molar-refractivity contribution in [1.82, 2.24) is 14.9 Å². The number of rotatable bonds is 3. The molecule has 0 aliphatic rings. The molecule has 0 saturated heterocycles. The molecule has 9 heteroatoms. The van der Waals surface area contributed by atoms with Crippen molar-refractivity contribution in [2.75, 3.05) is 13.1 Å². The summed E-state index contributed by atoms with van der Waals surface area (Å²) >= 11 is 4.98. The normalized spacial score (nSPS) is 10.8. The monoisotopic (exact) mass is 271 g/mol. The lowest BCUT2D eigenvalue weighted by atomic mass is 10.5. The first-order chi connectivity index (χ1) is 8.49. The van der Waals surface area contributed by atoms with Gasteiger partial charge >= 0.3 is 5.69 Å². The first kappa shape index (κ1) is 14.0. The van der Waals surface area contributed by atoms with Crippen LogP contribution in [0.25, 0.3) is 0 Å². The fourth-order valence-corrected chi connectivity index (χ4v) is 1.51. The standard InChI is InChI=1S/C9H13N5O3S/c1-3-14(4-2)9(18)13-12-5-6(15)10-8(17)11-7(5)16/h3-4H2,1-2H3,(H3,10,11,15,16,17). The molecule has 1 heterocycles. The summed E-state index contributed by atoms with van der Waals surface area (Å²) in [6.45, 7) is 5.11. The van der Waals surface area contributed by atoms with Gasteiger partial charge in [0, 0.05) is 13.1 Å². The third-order valence-corrected chi connectivity index (χ3v) is 2.51. The van der Waals surface area contributed by atoms with Gasteiger partial charge in [0.15, 0.2) is 0 Å². The Morgan fingerprint density at radius 3 is 2.44 bits per heavy atom. The number of thiocarbonyl (C=S) groups is 1. The van der Waals surface area contributed by atoms with Crippen molar-refractivity contribution in [1.29, 1.82) is 0 Å². The molecule has 98 valence electrons. The highest BCUT2D eigenvalue weighted by molar-refractivity contribution is 7.80. The largest absolute Gasteiger partial charge is 0.493 e. The van der Waals surface area contributed by atoms with Crippen LogP contribution in [-0.4, -0.2) is 38.2 Å². The lowest BCUT2D eigenvalue weighted by Gasteiger charge is -2.16. The summed E-state index contributed by atoms with van der Waals surface area (Å²) in [6.07, 6.45) is 0. The molecule has 18 heavy (non-hydrogen) atoms. The molecule has 0 spiro atoms. The summed E-state index contributed by atoms with van der Waals surface area (Å²) in [7, 11) is 0. The summed E-state index contributed by atoms with van der Waals surface area (Å²) in [6, 6.07) is 0. The van der Waals surface area contributed by atoms with Crippen LogP contribution in [0.2, 0.25) is 0 Å². The number of aromatic amines is 2. The van der Waals surface area contributed by atoms with Crippen LogP contribution >= 0.6 is 12.2 Å². The van der Waals surface area contributed by atoms with E-state index < -0.39 is 17.1 Å². The smallest absolute Gasteiger partial charge is 0.328 e. The number of hydrogen-bond acceptors (Lipinski definition) is 5. The van der Waals surface area contributed by atoms with Gasteiger partial charge in [-0.1, -0.05) is 0 Å². The Hall–Kier alpha value is -2.03. The van der Waals surface area contributed by atoms with Crippen molar-refractivity contribution in [3.05, 3.63) is 20.8 Å². The molecule has 1 rings (SSSR count). The molecule has 3 N–H and O–H groups in total. The highest BCUT2D eigenvalue weighted by Crippen LogP contribution is 2.16. The van der Waals surface area contributed by atoms with Crippen LogP contribution < -0.4 is 11.2 Å². The van der Waals surface area contributed by atoms with Crippen LogP contribution in [0.3, 0.4) is 0 Å². The minimum absolute atomic E-state index is 0.199. The Bertz CT molecular complexity index is 572. The lowest BCUT2D eigenvalue weighted by molar-refractivity contribution is 0.449. The third kappa shape index (κ3) is 3.23. The van der Waals surface area contributed by atoms with E-state index in [9.17, 15) is 14.7 Å². The van der Waals surface area contributed by atoms with Gasteiger partial charge in [-0.05, 0) is 26.1 Å². The Balaban J connectivity index is 3.02. The first-order valence-corrected chi connectivity index (χ1v) is 5.66. The second-order valence-corrected chi connectivity index (χ2v) is 3.63. The molecule has 8 nitrogen and oxygen atoms in total. The van der Waals surface area contributed by atoms with E-state index in [2.05, 4.69) is 10.2 Å². The number of nitrogens with one attached hydrogen (secondary N) is 2. The number of H-pyrrole nitrogens is 2. The molecule has 0 radical (unpaired) electrons. The molecule has 0 aromatic carbocycles. The topological polar surface area (TPSA) is 114 Å². The predicted molar refractivity (Wildman–Crippen MR) is 69.4 cm³/mol. The van der Waals surface area contributed by atoms with Crippen molar-refractivity contribution in [2.45, 2.75) is 13.8 Å². The van der Waals surface area contributed by atoms with Gasteiger partial charge in [0.25, 0.3) is 5.56 Å². The van der Waals surface area contributed by atoms with Gasteiger partial charge in [-0.25, -0.2) is 4.79 Å². The maximum Gasteiger partial charge on any atom is 0.328 e. The maximum absolute atomic E-state index is 11.3. The second-order valence-electron chi connectivity index (χ2n) is 3.26. The highest BCUT2D eigenvalue weighted by Gasteiger charge is 2.09. The highest BCUT2D eigenvalue weighted by atomic mass is 32.1. The van der Waals surface area contributed by atoms with Crippen molar-refractivity contribution < 1.29 is 5.11 Å². The molecule has 1 aromatic heterocycles. The van der Waals surface area contributed by atoms with E-state index in [-0.39, 0.29) is 10.8 Å². The average molecular weight is 271 g/mol. The summed E-state index contributed by atoms with van der Waals surface area (Å²) in [5, 5.41) is 16.8. The van der Waals surface area contributed by atoms with E-state index in [1.807, 2.05) is 23.8 Å². The summed E-state index contributed by atoms with van der Waals surface area (Å²) in [5.74, 6) is -0.644. The average Bonchev–Trinajstić information content (AvgIpc) is 2.29. The van der Waals surface area contributed by atoms with E-state index in [4.69, 9.17) is 12.2 Å². The maximum atomic E-state index is 11.3. The summed E-state index contributed by atoms with van der Waals surface area (Å²) in [5.41, 5.74) is -2.03. The van der Waals surface area contributed by atoms with Gasteiger partial charge in [0.2, 0.25) is 16.7 Å². The first-order valence-electron chi connectivity index (χ1n) is 5.25. The Kier molecular flexibility index (Phi) is 4.72. The van der Waals surface area contributed by atoms with Gasteiger partial charge in [0.1, 0.15) is 0 Å². The molecule has 0 amide bonds. The second kappa shape index (κ2) is 6.05. The molecule has 0 saturated carbocycles. The van der Waals surface area contributed by atoms with Gasteiger partial charge in [-0.2, -0.15) is 0 Å². The Labute approximate surface area is 107 Å². The predicted octanol–water partition coefficient (Wildman–Crippen LogP) is 0.479. The number of aromatic hydroxyl groups is 1. The minimum Gasteiger partial charge on any atom is -0.493 e. The van der Waals surface area contributed by atoms with Gasteiger partial charge < -0.3 is 10.0 Å². The van der Waals surface area contributed by atoms with E-state index in [0.717, 1.165) is 0 Å². The van der Waals surface area contributed by atoms with Crippen molar-refractivity contribution in [3.8, 4) is 5.88 Å². The minimum atomic E-state index is -0.831. The molecule has 0 aliphatic carbocycles. The number of nitrogens with zero attached hydrogens (tertiary/aromatic N) is 3.